The molecule has 2 heterocycles. The van der Waals surface area contributed by atoms with Gasteiger partial charge in [-0.3, -0.25) is 4.79 Å². The summed E-state index contributed by atoms with van der Waals surface area (Å²) in [6.45, 7) is 5.45. The third kappa shape index (κ3) is 4.96. The lowest BCUT2D eigenvalue weighted by Gasteiger charge is -2.21. The second kappa shape index (κ2) is 10.5. The molecule has 182 valence electrons. The topological polar surface area (TPSA) is 81.0 Å². The first-order valence-electron chi connectivity index (χ1n) is 11.0. The van der Waals surface area contributed by atoms with Crippen LogP contribution in [0.1, 0.15) is 25.3 Å². The summed E-state index contributed by atoms with van der Waals surface area (Å²) in [5.41, 5.74) is 1.64. The van der Waals surface area contributed by atoms with E-state index >= 15 is 0 Å². The molecule has 1 amide bonds. The van der Waals surface area contributed by atoms with E-state index in [-0.39, 0.29) is 11.4 Å². The number of rotatable bonds is 7. The summed E-state index contributed by atoms with van der Waals surface area (Å²) < 4.78 is 35.8. The molecule has 11 heteroatoms. The number of sulfonamides is 1. The van der Waals surface area contributed by atoms with Crippen LogP contribution in [0.15, 0.2) is 46.3 Å². The molecule has 0 spiro atoms. The molecule has 1 aliphatic rings. The molecule has 1 aliphatic heterocycles. The summed E-state index contributed by atoms with van der Waals surface area (Å²) in [7, 11) is -3.82. The van der Waals surface area contributed by atoms with Gasteiger partial charge in [0.1, 0.15) is 6.04 Å². The van der Waals surface area contributed by atoms with Crippen molar-refractivity contribution in [1.29, 1.82) is 0 Å². The number of halogens is 2. The molecule has 2 aromatic carbocycles. The third-order valence-corrected chi connectivity index (χ3v) is 9.48. The van der Waals surface area contributed by atoms with Gasteiger partial charge in [0.05, 0.1) is 31.8 Å². The Morgan fingerprint density at radius 2 is 1.88 bits per heavy atom. The Balaban J connectivity index is 1.73. The SMILES string of the molecule is CCOCCn1c(=NC(=O)C2CCCN2S(=O)(=O)c2ccc(C)cc2)sc2c(Cl)ccc(Cl)c21. The minimum atomic E-state index is -3.82. The van der Waals surface area contributed by atoms with Crippen molar-refractivity contribution in [3.8, 4) is 0 Å². The number of thiazole rings is 1. The molecule has 1 unspecified atom stereocenters. The van der Waals surface area contributed by atoms with Crippen LogP contribution >= 0.6 is 34.5 Å². The smallest absolute Gasteiger partial charge is 0.266 e. The number of fused-ring (bicyclic) bond motifs is 1. The summed E-state index contributed by atoms with van der Waals surface area (Å²) >= 11 is 14.1. The van der Waals surface area contributed by atoms with E-state index in [0.29, 0.717) is 57.7 Å². The maximum Gasteiger partial charge on any atom is 0.266 e. The zero-order valence-electron chi connectivity index (χ0n) is 18.8. The molecule has 0 aliphatic carbocycles. The van der Waals surface area contributed by atoms with Crippen molar-refractivity contribution in [3.05, 3.63) is 56.8 Å². The number of aryl methyl sites for hydroxylation is 1. The van der Waals surface area contributed by atoms with Crippen LogP contribution in [-0.4, -0.2) is 49.0 Å². The highest BCUT2D eigenvalue weighted by Gasteiger charge is 2.39. The lowest BCUT2D eigenvalue weighted by molar-refractivity contribution is -0.121. The molecule has 34 heavy (non-hydrogen) atoms. The molecule has 0 N–H and O–H groups in total. The van der Waals surface area contributed by atoms with Gasteiger partial charge in [0.2, 0.25) is 10.0 Å². The molecule has 1 aromatic heterocycles. The van der Waals surface area contributed by atoms with Crippen LogP contribution in [-0.2, 0) is 26.1 Å². The van der Waals surface area contributed by atoms with Gasteiger partial charge < -0.3 is 9.30 Å². The van der Waals surface area contributed by atoms with Crippen molar-refractivity contribution in [2.75, 3.05) is 19.8 Å². The zero-order valence-corrected chi connectivity index (χ0v) is 22.0. The molecule has 1 saturated heterocycles. The van der Waals surface area contributed by atoms with Crippen LogP contribution in [0.4, 0.5) is 0 Å². The van der Waals surface area contributed by atoms with Crippen LogP contribution in [0.25, 0.3) is 10.2 Å². The Kier molecular flexibility index (Phi) is 7.81. The first kappa shape index (κ1) is 25.3. The van der Waals surface area contributed by atoms with E-state index in [1.54, 1.807) is 36.4 Å². The van der Waals surface area contributed by atoms with Gasteiger partial charge in [-0.25, -0.2) is 8.42 Å². The monoisotopic (exact) mass is 541 g/mol. The molecule has 7 nitrogen and oxygen atoms in total. The number of benzene rings is 2. The lowest BCUT2D eigenvalue weighted by atomic mass is 10.2. The number of carbonyl (C=O) groups excluding carboxylic acids is 1. The molecule has 0 radical (unpaired) electrons. The first-order chi connectivity index (χ1) is 16.2. The summed E-state index contributed by atoms with van der Waals surface area (Å²) in [4.78, 5) is 18.3. The fourth-order valence-electron chi connectivity index (χ4n) is 3.99. The summed E-state index contributed by atoms with van der Waals surface area (Å²) in [5, 5.41) is 0.999. The predicted octanol–water partition coefficient (Wildman–Crippen LogP) is 4.64. The number of hydrogen-bond acceptors (Lipinski definition) is 5. The highest BCUT2D eigenvalue weighted by Crippen LogP contribution is 2.32. The van der Waals surface area contributed by atoms with Crippen LogP contribution in [0, 0.1) is 6.92 Å². The lowest BCUT2D eigenvalue weighted by Crippen LogP contribution is -2.40. The Morgan fingerprint density at radius 1 is 1.18 bits per heavy atom. The van der Waals surface area contributed by atoms with E-state index in [4.69, 9.17) is 27.9 Å². The van der Waals surface area contributed by atoms with E-state index in [1.807, 2.05) is 18.4 Å². The average Bonchev–Trinajstić information content (AvgIpc) is 3.44. The van der Waals surface area contributed by atoms with Crippen LogP contribution in [0.3, 0.4) is 0 Å². The zero-order chi connectivity index (χ0) is 24.5. The minimum absolute atomic E-state index is 0.171. The van der Waals surface area contributed by atoms with Gasteiger partial charge in [-0.15, -0.1) is 0 Å². The van der Waals surface area contributed by atoms with E-state index in [2.05, 4.69) is 4.99 Å². The molecular weight excluding hydrogens is 517 g/mol. The van der Waals surface area contributed by atoms with Crippen molar-refractivity contribution in [3.63, 3.8) is 0 Å². The number of hydrogen-bond donors (Lipinski definition) is 0. The van der Waals surface area contributed by atoms with Gasteiger partial charge in [0.25, 0.3) is 5.91 Å². The van der Waals surface area contributed by atoms with Gasteiger partial charge in [0, 0.05) is 19.7 Å². The third-order valence-electron chi connectivity index (χ3n) is 5.71. The normalized spacial score (nSPS) is 17.6. The fourth-order valence-corrected chi connectivity index (χ4v) is 7.32. The fraction of sp³-hybridized carbons (Fsp3) is 0.391. The molecule has 0 saturated carbocycles. The number of aromatic nitrogens is 1. The molecule has 0 bridgehead atoms. The summed E-state index contributed by atoms with van der Waals surface area (Å²) in [6, 6.07) is 9.18. The van der Waals surface area contributed by atoms with Gasteiger partial charge in [-0.05, 0) is 51.0 Å². The van der Waals surface area contributed by atoms with Crippen LogP contribution in [0.5, 0.6) is 0 Å². The van der Waals surface area contributed by atoms with Crippen molar-refractivity contribution < 1.29 is 17.9 Å². The quantitative estimate of drug-likeness (QED) is 0.408. The van der Waals surface area contributed by atoms with E-state index in [0.717, 1.165) is 5.56 Å². The van der Waals surface area contributed by atoms with Crippen molar-refractivity contribution in [1.82, 2.24) is 8.87 Å². The van der Waals surface area contributed by atoms with E-state index in [1.165, 1.54) is 15.6 Å². The Hall–Kier alpha value is -1.75. The molecule has 4 rings (SSSR count). The first-order valence-corrected chi connectivity index (χ1v) is 14.0. The molecule has 1 fully saturated rings. The van der Waals surface area contributed by atoms with Gasteiger partial charge >= 0.3 is 0 Å². The van der Waals surface area contributed by atoms with E-state index < -0.39 is 22.0 Å². The standard InChI is InChI=1S/C23H25Cl2N3O4S2/c1-3-32-14-13-27-20-17(24)10-11-18(25)21(20)33-23(27)26-22(29)19-5-4-12-28(19)34(30,31)16-8-6-15(2)7-9-16/h6-11,19H,3-5,12-14H2,1-2H3. The van der Waals surface area contributed by atoms with Crippen LogP contribution in [0.2, 0.25) is 10.0 Å². The second-order valence-electron chi connectivity index (χ2n) is 7.98. The van der Waals surface area contributed by atoms with Crippen molar-refractivity contribution in [2.24, 2.45) is 4.99 Å². The largest absolute Gasteiger partial charge is 0.380 e. The number of ether oxygens (including phenoxy) is 1. The van der Waals surface area contributed by atoms with Gasteiger partial charge in [0.15, 0.2) is 4.80 Å². The minimum Gasteiger partial charge on any atom is -0.380 e. The van der Waals surface area contributed by atoms with Crippen molar-refractivity contribution in [2.45, 2.75) is 44.2 Å². The highest BCUT2D eigenvalue weighted by atomic mass is 35.5. The maximum absolute atomic E-state index is 13.3. The van der Waals surface area contributed by atoms with E-state index in [9.17, 15) is 13.2 Å². The summed E-state index contributed by atoms with van der Waals surface area (Å²) in [5.74, 6) is -0.503. The second-order valence-corrected chi connectivity index (χ2v) is 11.7. The van der Waals surface area contributed by atoms with Gasteiger partial charge in [-0.1, -0.05) is 52.2 Å². The average molecular weight is 543 g/mol. The number of carbonyl (C=O) groups is 1. The molecule has 1 atom stereocenters. The number of nitrogens with zero attached hydrogens (tertiary/aromatic N) is 3. The van der Waals surface area contributed by atoms with Crippen LogP contribution < -0.4 is 4.80 Å². The Labute approximate surface area is 212 Å². The number of amides is 1. The maximum atomic E-state index is 13.3. The molecular formula is C23H25Cl2N3O4S2. The predicted molar refractivity (Wildman–Crippen MR) is 135 cm³/mol. The van der Waals surface area contributed by atoms with Gasteiger partial charge in [-0.2, -0.15) is 9.30 Å². The molecule has 3 aromatic rings. The van der Waals surface area contributed by atoms with Crippen molar-refractivity contribution >= 4 is 60.7 Å². The Morgan fingerprint density at radius 3 is 2.59 bits per heavy atom. The highest BCUT2D eigenvalue weighted by molar-refractivity contribution is 7.89. The Bertz CT molecular complexity index is 1380. The summed E-state index contributed by atoms with van der Waals surface area (Å²) in [6.07, 6.45) is 1.00.